The number of carbonyl (C=O) groups excluding carboxylic acids is 1. The van der Waals surface area contributed by atoms with Crippen LogP contribution in [0.15, 0.2) is 48.5 Å². The van der Waals surface area contributed by atoms with Crippen LogP contribution in [-0.2, 0) is 11.0 Å². The first-order valence-corrected chi connectivity index (χ1v) is 9.84. The molecule has 0 spiro atoms. The van der Waals surface area contributed by atoms with Gasteiger partial charge >= 0.3 is 6.18 Å². The lowest BCUT2D eigenvalue weighted by atomic mass is 9.96. The second-order valence-corrected chi connectivity index (χ2v) is 7.60. The minimum absolute atomic E-state index is 0.134. The summed E-state index contributed by atoms with van der Waals surface area (Å²) >= 11 is 5.85. The van der Waals surface area contributed by atoms with Gasteiger partial charge in [0.05, 0.1) is 17.0 Å². The lowest BCUT2D eigenvalue weighted by Gasteiger charge is -2.34. The van der Waals surface area contributed by atoms with E-state index in [0.717, 1.165) is 0 Å². The third-order valence-electron chi connectivity index (χ3n) is 5.02. The second-order valence-electron chi connectivity index (χ2n) is 7.16. The smallest absolute Gasteiger partial charge is 0.354 e. The normalized spacial score (nSPS) is 17.2. The van der Waals surface area contributed by atoms with Crippen molar-refractivity contribution in [2.45, 2.75) is 19.0 Å². The van der Waals surface area contributed by atoms with Crippen molar-refractivity contribution in [3.63, 3.8) is 0 Å². The van der Waals surface area contributed by atoms with E-state index in [1.165, 1.54) is 11.0 Å². The van der Waals surface area contributed by atoms with Crippen LogP contribution < -0.4 is 10.2 Å². The number of hydrogen-bond donors (Lipinski definition) is 1. The van der Waals surface area contributed by atoms with Crippen LogP contribution in [0.2, 0.25) is 5.02 Å². The molecule has 1 atom stereocenters. The summed E-state index contributed by atoms with van der Waals surface area (Å²) in [6.45, 7) is 0.510. The number of aromatic nitrogens is 2. The predicted octanol–water partition coefficient (Wildman–Crippen LogP) is 5.16. The fourth-order valence-electron chi connectivity index (χ4n) is 3.56. The molecule has 1 saturated heterocycles. The molecule has 0 bridgehead atoms. The number of nitrogens with zero attached hydrogens (tertiary/aromatic N) is 3. The molecule has 30 heavy (non-hydrogen) atoms. The lowest BCUT2D eigenvalue weighted by Crippen LogP contribution is -2.42. The molecule has 1 fully saturated rings. The number of para-hydroxylation sites is 2. The van der Waals surface area contributed by atoms with E-state index in [4.69, 9.17) is 11.6 Å². The number of amides is 1. The molecule has 0 aliphatic carbocycles. The molecule has 1 N–H and O–H groups in total. The van der Waals surface area contributed by atoms with Crippen LogP contribution in [0.3, 0.4) is 0 Å². The van der Waals surface area contributed by atoms with Gasteiger partial charge < -0.3 is 10.2 Å². The number of fused-ring (bicyclic) bond motifs is 1. The number of nitrogens with one attached hydrogen (secondary N) is 1. The SMILES string of the molecule is O=C(Nc1ccc(Cl)cc1)[C@@H]1CCCN(c2nc3ccccc3nc2C(F)(F)F)C1. The van der Waals surface area contributed by atoms with Gasteiger partial charge in [-0.25, -0.2) is 9.97 Å². The monoisotopic (exact) mass is 434 g/mol. The van der Waals surface area contributed by atoms with Crippen molar-refractivity contribution in [2.75, 3.05) is 23.3 Å². The maximum atomic E-state index is 13.7. The summed E-state index contributed by atoms with van der Waals surface area (Å²) in [6.07, 6.45) is -3.49. The van der Waals surface area contributed by atoms with E-state index in [-0.39, 0.29) is 23.8 Å². The van der Waals surface area contributed by atoms with Crippen LogP contribution in [0, 0.1) is 5.92 Å². The molecule has 5 nitrogen and oxygen atoms in total. The fraction of sp³-hybridized carbons (Fsp3) is 0.286. The van der Waals surface area contributed by atoms with Crippen molar-refractivity contribution in [1.82, 2.24) is 9.97 Å². The number of halogens is 4. The summed E-state index contributed by atoms with van der Waals surface area (Å²) in [5.74, 6) is -0.946. The van der Waals surface area contributed by atoms with Crippen LogP contribution >= 0.6 is 11.6 Å². The first-order valence-electron chi connectivity index (χ1n) is 9.46. The van der Waals surface area contributed by atoms with Crippen LogP contribution in [0.25, 0.3) is 11.0 Å². The molecular weight excluding hydrogens is 417 g/mol. The summed E-state index contributed by atoms with van der Waals surface area (Å²) in [5.41, 5.74) is 0.124. The van der Waals surface area contributed by atoms with Crippen LogP contribution in [0.4, 0.5) is 24.7 Å². The molecular formula is C21H18ClF3N4O. The molecule has 1 aromatic heterocycles. The molecule has 1 amide bonds. The fourth-order valence-corrected chi connectivity index (χ4v) is 3.69. The number of alkyl halides is 3. The highest BCUT2D eigenvalue weighted by Crippen LogP contribution is 2.36. The number of benzene rings is 2. The summed E-state index contributed by atoms with van der Waals surface area (Å²) in [4.78, 5) is 22.3. The average molecular weight is 435 g/mol. The van der Waals surface area contributed by atoms with Gasteiger partial charge in [-0.15, -0.1) is 0 Å². The second kappa shape index (κ2) is 8.10. The molecule has 2 aromatic carbocycles. The van der Waals surface area contributed by atoms with E-state index in [0.29, 0.717) is 35.6 Å². The summed E-state index contributed by atoms with van der Waals surface area (Å²) in [7, 11) is 0. The van der Waals surface area contributed by atoms with Crippen molar-refractivity contribution >= 4 is 40.0 Å². The molecule has 9 heteroatoms. The van der Waals surface area contributed by atoms with Gasteiger partial charge in [0, 0.05) is 23.8 Å². The van der Waals surface area contributed by atoms with Gasteiger partial charge in [-0.2, -0.15) is 13.2 Å². The first-order chi connectivity index (χ1) is 14.3. The minimum Gasteiger partial charge on any atom is -0.354 e. The number of carbonyl (C=O) groups is 1. The molecule has 1 aliphatic rings. The van der Waals surface area contributed by atoms with Crippen molar-refractivity contribution in [3.05, 3.63) is 59.2 Å². The van der Waals surface area contributed by atoms with E-state index >= 15 is 0 Å². The Hall–Kier alpha value is -2.87. The molecule has 2 heterocycles. The van der Waals surface area contributed by atoms with Crippen LogP contribution in [-0.4, -0.2) is 29.0 Å². The average Bonchev–Trinajstić information content (AvgIpc) is 2.74. The van der Waals surface area contributed by atoms with Crippen molar-refractivity contribution in [1.29, 1.82) is 0 Å². The van der Waals surface area contributed by atoms with Gasteiger partial charge in [-0.3, -0.25) is 4.79 Å². The Morgan fingerprint density at radius 1 is 1.07 bits per heavy atom. The number of anilines is 2. The maximum absolute atomic E-state index is 13.7. The highest BCUT2D eigenvalue weighted by molar-refractivity contribution is 6.30. The number of rotatable bonds is 3. The van der Waals surface area contributed by atoms with Gasteiger partial charge in [0.1, 0.15) is 0 Å². The largest absolute Gasteiger partial charge is 0.437 e. The number of hydrogen-bond acceptors (Lipinski definition) is 4. The zero-order valence-electron chi connectivity index (χ0n) is 15.8. The van der Waals surface area contributed by atoms with Gasteiger partial charge in [0.2, 0.25) is 5.91 Å². The molecule has 0 saturated carbocycles. The Labute approximate surface area is 175 Å². The van der Waals surface area contributed by atoms with Gasteiger partial charge in [-0.05, 0) is 49.2 Å². The molecule has 156 valence electrons. The highest BCUT2D eigenvalue weighted by Gasteiger charge is 2.40. The molecule has 0 unspecified atom stereocenters. The molecule has 0 radical (unpaired) electrons. The summed E-state index contributed by atoms with van der Waals surface area (Å²) in [5, 5.41) is 3.35. The van der Waals surface area contributed by atoms with E-state index < -0.39 is 17.8 Å². The topological polar surface area (TPSA) is 58.1 Å². The van der Waals surface area contributed by atoms with E-state index in [9.17, 15) is 18.0 Å². The highest BCUT2D eigenvalue weighted by atomic mass is 35.5. The van der Waals surface area contributed by atoms with Crippen LogP contribution in [0.1, 0.15) is 18.5 Å². The Kier molecular flexibility index (Phi) is 5.51. The van der Waals surface area contributed by atoms with E-state index in [1.807, 2.05) is 0 Å². The molecule has 4 rings (SSSR count). The third-order valence-corrected chi connectivity index (χ3v) is 5.28. The van der Waals surface area contributed by atoms with Gasteiger partial charge in [0.15, 0.2) is 11.5 Å². The Morgan fingerprint density at radius 2 is 1.73 bits per heavy atom. The summed E-state index contributed by atoms with van der Waals surface area (Å²) < 4.78 is 41.1. The Bertz CT molecular complexity index is 1070. The summed E-state index contributed by atoms with van der Waals surface area (Å²) in [6, 6.07) is 13.1. The zero-order chi connectivity index (χ0) is 21.3. The van der Waals surface area contributed by atoms with Gasteiger partial charge in [-0.1, -0.05) is 23.7 Å². The number of piperidine rings is 1. The third kappa shape index (κ3) is 4.33. The van der Waals surface area contributed by atoms with Crippen molar-refractivity contribution in [3.8, 4) is 0 Å². The van der Waals surface area contributed by atoms with Crippen molar-refractivity contribution < 1.29 is 18.0 Å². The first kappa shape index (κ1) is 20.4. The van der Waals surface area contributed by atoms with Crippen LogP contribution in [0.5, 0.6) is 0 Å². The lowest BCUT2D eigenvalue weighted by molar-refractivity contribution is -0.140. The Balaban J connectivity index is 1.60. The zero-order valence-corrected chi connectivity index (χ0v) is 16.5. The molecule has 1 aliphatic heterocycles. The minimum atomic E-state index is -4.65. The van der Waals surface area contributed by atoms with Gasteiger partial charge in [0.25, 0.3) is 0 Å². The van der Waals surface area contributed by atoms with E-state index in [2.05, 4.69) is 15.3 Å². The van der Waals surface area contributed by atoms with E-state index in [1.54, 1.807) is 42.5 Å². The molecule has 3 aromatic rings. The Morgan fingerprint density at radius 3 is 2.40 bits per heavy atom. The standard InChI is InChI=1S/C21H18ClF3N4O/c22-14-7-9-15(10-8-14)26-20(30)13-4-3-11-29(12-13)19-18(21(23,24)25)27-16-5-1-2-6-17(16)28-19/h1-2,5-10,13H,3-4,11-12H2,(H,26,30)/t13-/m1/s1. The quantitative estimate of drug-likeness (QED) is 0.618. The van der Waals surface area contributed by atoms with Crippen molar-refractivity contribution in [2.24, 2.45) is 5.92 Å². The maximum Gasteiger partial charge on any atom is 0.437 e. The predicted molar refractivity (Wildman–Crippen MR) is 110 cm³/mol.